The van der Waals surface area contributed by atoms with Crippen LogP contribution in [0.2, 0.25) is 0 Å². The standard InChI is InChI=1S/C21H19N3O3/c1-11(25)12-6-8-15(9-7-12)22-20(26)16-10-17(13-2-3-13)23-21-18(16)19(24-27-21)14-4-5-14/h6-10,13-14H,2-5H2,1H3,(H,22,26). The molecule has 2 heterocycles. The van der Waals surface area contributed by atoms with Crippen LogP contribution >= 0.6 is 0 Å². The van der Waals surface area contributed by atoms with Crippen molar-refractivity contribution in [2.24, 2.45) is 0 Å². The molecule has 0 unspecified atom stereocenters. The lowest BCUT2D eigenvalue weighted by Gasteiger charge is -2.09. The van der Waals surface area contributed by atoms with Gasteiger partial charge in [0.15, 0.2) is 5.78 Å². The van der Waals surface area contributed by atoms with Gasteiger partial charge in [0.2, 0.25) is 0 Å². The summed E-state index contributed by atoms with van der Waals surface area (Å²) in [5.41, 5.74) is 4.03. The molecule has 1 amide bonds. The molecule has 2 saturated carbocycles. The van der Waals surface area contributed by atoms with Gasteiger partial charge >= 0.3 is 0 Å². The molecule has 1 aromatic carbocycles. The summed E-state index contributed by atoms with van der Waals surface area (Å²) in [5.74, 6) is 0.563. The number of carbonyl (C=O) groups is 2. The first kappa shape index (κ1) is 16.2. The Labute approximate surface area is 156 Å². The largest absolute Gasteiger partial charge is 0.335 e. The lowest BCUT2D eigenvalue weighted by atomic mass is 10.0. The molecule has 0 spiro atoms. The van der Waals surface area contributed by atoms with Crippen LogP contribution in [-0.2, 0) is 0 Å². The average Bonchev–Trinajstić information content (AvgIpc) is 3.59. The fourth-order valence-electron chi connectivity index (χ4n) is 3.38. The van der Waals surface area contributed by atoms with Crippen LogP contribution in [0.4, 0.5) is 5.69 Å². The minimum atomic E-state index is -0.204. The lowest BCUT2D eigenvalue weighted by Crippen LogP contribution is -2.13. The maximum atomic E-state index is 13.1. The molecule has 2 aromatic heterocycles. The van der Waals surface area contributed by atoms with Gasteiger partial charge in [-0.25, -0.2) is 4.98 Å². The summed E-state index contributed by atoms with van der Waals surface area (Å²) in [7, 11) is 0. The van der Waals surface area contributed by atoms with Gasteiger partial charge in [-0.05, 0) is 62.9 Å². The zero-order chi connectivity index (χ0) is 18.5. The van der Waals surface area contributed by atoms with E-state index in [9.17, 15) is 9.59 Å². The molecule has 5 rings (SSSR count). The number of benzene rings is 1. The van der Waals surface area contributed by atoms with Gasteiger partial charge < -0.3 is 9.84 Å². The Morgan fingerprint density at radius 2 is 1.78 bits per heavy atom. The van der Waals surface area contributed by atoms with E-state index >= 15 is 0 Å². The molecule has 6 heteroatoms. The molecule has 0 radical (unpaired) electrons. The number of fused-ring (bicyclic) bond motifs is 1. The third-order valence-electron chi connectivity index (χ3n) is 5.25. The van der Waals surface area contributed by atoms with E-state index in [1.165, 1.54) is 6.92 Å². The second-order valence-corrected chi connectivity index (χ2v) is 7.48. The van der Waals surface area contributed by atoms with Gasteiger partial charge in [0.25, 0.3) is 11.6 Å². The minimum Gasteiger partial charge on any atom is -0.335 e. The Kier molecular flexibility index (Phi) is 3.60. The van der Waals surface area contributed by atoms with E-state index in [2.05, 4.69) is 15.5 Å². The molecule has 27 heavy (non-hydrogen) atoms. The Morgan fingerprint density at radius 1 is 1.07 bits per heavy atom. The Morgan fingerprint density at radius 3 is 2.41 bits per heavy atom. The summed E-state index contributed by atoms with van der Waals surface area (Å²) >= 11 is 0. The van der Waals surface area contributed by atoms with Crippen LogP contribution in [0.15, 0.2) is 34.9 Å². The molecule has 3 aromatic rings. The number of nitrogens with one attached hydrogen (secondary N) is 1. The van der Waals surface area contributed by atoms with Gasteiger partial charge in [0.1, 0.15) is 0 Å². The molecule has 6 nitrogen and oxygen atoms in total. The van der Waals surface area contributed by atoms with Crippen molar-refractivity contribution in [1.29, 1.82) is 0 Å². The van der Waals surface area contributed by atoms with Crippen LogP contribution < -0.4 is 5.32 Å². The number of carbonyl (C=O) groups excluding carboxylic acids is 2. The fraction of sp³-hybridized carbons (Fsp3) is 0.333. The first-order chi connectivity index (χ1) is 13.1. The van der Waals surface area contributed by atoms with E-state index in [4.69, 9.17) is 4.52 Å². The number of ketones is 1. The number of pyridine rings is 1. The van der Waals surface area contributed by atoms with Crippen molar-refractivity contribution in [1.82, 2.24) is 10.1 Å². The molecule has 0 saturated heterocycles. The monoisotopic (exact) mass is 361 g/mol. The van der Waals surface area contributed by atoms with Gasteiger partial charge in [0, 0.05) is 28.8 Å². The van der Waals surface area contributed by atoms with Crippen LogP contribution in [0.1, 0.15) is 76.5 Å². The molecule has 2 aliphatic rings. The maximum Gasteiger partial charge on any atom is 0.259 e. The summed E-state index contributed by atoms with van der Waals surface area (Å²) in [6, 6.07) is 8.80. The number of hydrogen-bond donors (Lipinski definition) is 1. The van der Waals surface area contributed by atoms with Gasteiger partial charge in [-0.2, -0.15) is 0 Å². The van der Waals surface area contributed by atoms with Crippen molar-refractivity contribution in [2.45, 2.75) is 44.4 Å². The van der Waals surface area contributed by atoms with Crippen LogP contribution in [0.3, 0.4) is 0 Å². The highest BCUT2D eigenvalue weighted by Gasteiger charge is 2.34. The summed E-state index contributed by atoms with van der Waals surface area (Å²) in [6.45, 7) is 1.52. The number of nitrogens with zero attached hydrogens (tertiary/aromatic N) is 2. The second kappa shape index (κ2) is 6.01. The zero-order valence-electron chi connectivity index (χ0n) is 15.0. The lowest BCUT2D eigenvalue weighted by molar-refractivity contribution is 0.101. The number of hydrogen-bond acceptors (Lipinski definition) is 5. The van der Waals surface area contributed by atoms with Gasteiger partial charge in [-0.1, -0.05) is 5.16 Å². The Balaban J connectivity index is 1.52. The van der Waals surface area contributed by atoms with Crippen molar-refractivity contribution < 1.29 is 14.1 Å². The highest BCUT2D eigenvalue weighted by molar-refractivity contribution is 6.12. The molecule has 0 atom stereocenters. The van der Waals surface area contributed by atoms with E-state index in [0.717, 1.165) is 42.5 Å². The van der Waals surface area contributed by atoms with E-state index in [1.807, 2.05) is 6.07 Å². The quantitative estimate of drug-likeness (QED) is 0.679. The van der Waals surface area contributed by atoms with Crippen molar-refractivity contribution in [3.63, 3.8) is 0 Å². The minimum absolute atomic E-state index is 0.00339. The normalized spacial score (nSPS) is 16.5. The second-order valence-electron chi connectivity index (χ2n) is 7.48. The number of anilines is 1. The molecule has 0 aliphatic heterocycles. The van der Waals surface area contributed by atoms with Crippen molar-refractivity contribution in [3.8, 4) is 0 Å². The molecular weight excluding hydrogens is 342 g/mol. The van der Waals surface area contributed by atoms with E-state index in [0.29, 0.717) is 34.4 Å². The highest BCUT2D eigenvalue weighted by Crippen LogP contribution is 2.45. The van der Waals surface area contributed by atoms with Crippen molar-refractivity contribution >= 4 is 28.5 Å². The van der Waals surface area contributed by atoms with Gasteiger partial charge in [-0.3, -0.25) is 9.59 Å². The van der Waals surface area contributed by atoms with Crippen LogP contribution in [0.5, 0.6) is 0 Å². The first-order valence-corrected chi connectivity index (χ1v) is 9.32. The molecule has 136 valence electrons. The average molecular weight is 361 g/mol. The number of Topliss-reactive ketones (excluding diaryl/α,β-unsaturated/α-hetero) is 1. The van der Waals surface area contributed by atoms with Gasteiger partial charge in [0.05, 0.1) is 16.6 Å². The Hall–Kier alpha value is -3.02. The molecule has 0 bridgehead atoms. The smallest absolute Gasteiger partial charge is 0.259 e. The number of rotatable bonds is 5. The summed E-state index contributed by atoms with van der Waals surface area (Å²) < 4.78 is 5.47. The molecule has 2 fully saturated rings. The van der Waals surface area contributed by atoms with Crippen LogP contribution in [0.25, 0.3) is 11.1 Å². The molecule has 1 N–H and O–H groups in total. The predicted molar refractivity (Wildman–Crippen MR) is 100 cm³/mol. The van der Waals surface area contributed by atoms with E-state index < -0.39 is 0 Å². The van der Waals surface area contributed by atoms with E-state index in [-0.39, 0.29) is 11.7 Å². The number of amides is 1. The summed E-state index contributed by atoms with van der Waals surface area (Å²) in [6.07, 6.45) is 4.32. The van der Waals surface area contributed by atoms with Crippen LogP contribution in [0, 0.1) is 0 Å². The fourth-order valence-corrected chi connectivity index (χ4v) is 3.38. The molecular formula is C21H19N3O3. The predicted octanol–water partition coefficient (Wildman–Crippen LogP) is 4.43. The van der Waals surface area contributed by atoms with Crippen LogP contribution in [-0.4, -0.2) is 21.8 Å². The first-order valence-electron chi connectivity index (χ1n) is 9.32. The van der Waals surface area contributed by atoms with Crippen molar-refractivity contribution in [2.75, 3.05) is 5.32 Å². The topological polar surface area (TPSA) is 85.1 Å². The number of aromatic nitrogens is 2. The Bertz CT molecular complexity index is 1060. The highest BCUT2D eigenvalue weighted by atomic mass is 16.5. The summed E-state index contributed by atoms with van der Waals surface area (Å²) in [4.78, 5) is 29.1. The summed E-state index contributed by atoms with van der Waals surface area (Å²) in [5, 5.41) is 7.87. The van der Waals surface area contributed by atoms with E-state index in [1.54, 1.807) is 24.3 Å². The SMILES string of the molecule is CC(=O)c1ccc(NC(=O)c2cc(C3CC3)nc3onc(C4CC4)c23)cc1. The molecule has 2 aliphatic carbocycles. The maximum absolute atomic E-state index is 13.1. The van der Waals surface area contributed by atoms with Crippen molar-refractivity contribution in [3.05, 3.63) is 52.8 Å². The zero-order valence-corrected chi connectivity index (χ0v) is 15.0. The van der Waals surface area contributed by atoms with Gasteiger partial charge in [-0.15, -0.1) is 0 Å². The third-order valence-corrected chi connectivity index (χ3v) is 5.25. The third kappa shape index (κ3) is 3.01.